The number of nitrogens with two attached hydrogens (primary N) is 1. The molecule has 0 atom stereocenters. The summed E-state index contributed by atoms with van der Waals surface area (Å²) in [6.45, 7) is 2.16. The molecule has 0 spiro atoms. The minimum Gasteiger partial charge on any atom is -0.465 e. The van der Waals surface area contributed by atoms with E-state index < -0.39 is 11.9 Å². The van der Waals surface area contributed by atoms with Crippen LogP contribution in [-0.4, -0.2) is 25.7 Å². The molecule has 0 saturated heterocycles. The van der Waals surface area contributed by atoms with Crippen molar-refractivity contribution in [1.82, 2.24) is 0 Å². The first-order valence-electron chi connectivity index (χ1n) is 6.82. The third kappa shape index (κ3) is 4.46. The number of carbonyl (C=O) groups excluding carboxylic acids is 2. The first-order valence-corrected chi connectivity index (χ1v) is 8.83. The average Bonchev–Trinajstić information content (AvgIpc) is 3.04. The summed E-state index contributed by atoms with van der Waals surface area (Å²) in [5.41, 5.74) is 6.20. The lowest BCUT2D eigenvalue weighted by molar-refractivity contribution is 0.0507. The van der Waals surface area contributed by atoms with E-state index in [9.17, 15) is 9.59 Å². The van der Waals surface area contributed by atoms with E-state index in [1.165, 1.54) is 29.8 Å². The largest absolute Gasteiger partial charge is 0.465 e. The molecule has 0 amide bonds. The Hall–Kier alpha value is -1.57. The maximum Gasteiger partial charge on any atom is 0.350 e. The SMILES string of the molecule is COC(=O)c1sc(CCCOC(=O)c2sc(C)cc2N)cc1Cl. The van der Waals surface area contributed by atoms with Crippen LogP contribution in [0, 0.1) is 6.92 Å². The van der Waals surface area contributed by atoms with Gasteiger partial charge in [0.2, 0.25) is 0 Å². The third-order valence-electron chi connectivity index (χ3n) is 2.98. The first-order chi connectivity index (χ1) is 10.9. The molecule has 0 aliphatic carbocycles. The summed E-state index contributed by atoms with van der Waals surface area (Å²) in [6, 6.07) is 3.49. The maximum atomic E-state index is 11.9. The summed E-state index contributed by atoms with van der Waals surface area (Å²) in [4.78, 5) is 26.1. The van der Waals surface area contributed by atoms with Gasteiger partial charge < -0.3 is 15.2 Å². The molecule has 0 fully saturated rings. The molecule has 2 heterocycles. The Kier molecular flexibility index (Phi) is 6.04. The van der Waals surface area contributed by atoms with E-state index in [0.717, 1.165) is 9.75 Å². The predicted octanol–water partition coefficient (Wildman–Crippen LogP) is 3.93. The van der Waals surface area contributed by atoms with E-state index in [1.54, 1.807) is 12.1 Å². The van der Waals surface area contributed by atoms with Gasteiger partial charge in [0.25, 0.3) is 0 Å². The Balaban J connectivity index is 1.83. The highest BCUT2D eigenvalue weighted by atomic mass is 35.5. The molecule has 0 aromatic carbocycles. The molecule has 5 nitrogen and oxygen atoms in total. The Labute approximate surface area is 147 Å². The van der Waals surface area contributed by atoms with E-state index in [2.05, 4.69) is 4.74 Å². The third-order valence-corrected chi connectivity index (χ3v) is 5.61. The molecule has 0 aliphatic heterocycles. The molecular formula is C15H16ClNO4S2. The van der Waals surface area contributed by atoms with Crippen LogP contribution in [0.4, 0.5) is 5.69 Å². The summed E-state index contributed by atoms with van der Waals surface area (Å²) in [7, 11) is 1.31. The Morgan fingerprint density at radius 1 is 1.22 bits per heavy atom. The summed E-state index contributed by atoms with van der Waals surface area (Å²) < 4.78 is 9.88. The molecule has 2 rings (SSSR count). The van der Waals surface area contributed by atoms with E-state index >= 15 is 0 Å². The molecule has 0 radical (unpaired) electrons. The van der Waals surface area contributed by atoms with Gasteiger partial charge in [-0.3, -0.25) is 0 Å². The van der Waals surface area contributed by atoms with Gasteiger partial charge in [0.15, 0.2) is 0 Å². The summed E-state index contributed by atoms with van der Waals surface area (Å²) in [5, 5.41) is 0.385. The van der Waals surface area contributed by atoms with Gasteiger partial charge in [-0.2, -0.15) is 0 Å². The topological polar surface area (TPSA) is 78.6 Å². The lowest BCUT2D eigenvalue weighted by Crippen LogP contribution is -2.07. The van der Waals surface area contributed by atoms with Crippen molar-refractivity contribution in [2.45, 2.75) is 19.8 Å². The fourth-order valence-electron chi connectivity index (χ4n) is 1.94. The zero-order chi connectivity index (χ0) is 17.0. The van der Waals surface area contributed by atoms with E-state index in [-0.39, 0.29) is 6.61 Å². The van der Waals surface area contributed by atoms with Gasteiger partial charge in [-0.15, -0.1) is 22.7 Å². The molecule has 2 N–H and O–H groups in total. The van der Waals surface area contributed by atoms with Crippen molar-refractivity contribution in [3.8, 4) is 0 Å². The molecule has 8 heteroatoms. The van der Waals surface area contributed by atoms with Gasteiger partial charge in [0.1, 0.15) is 9.75 Å². The molecule has 23 heavy (non-hydrogen) atoms. The highest BCUT2D eigenvalue weighted by molar-refractivity contribution is 7.14. The smallest absolute Gasteiger partial charge is 0.350 e. The van der Waals surface area contributed by atoms with Crippen LogP contribution >= 0.6 is 34.3 Å². The van der Waals surface area contributed by atoms with Crippen molar-refractivity contribution in [3.05, 3.63) is 36.7 Å². The van der Waals surface area contributed by atoms with Crippen LogP contribution in [0.15, 0.2) is 12.1 Å². The molecule has 0 aliphatic rings. The van der Waals surface area contributed by atoms with Gasteiger partial charge >= 0.3 is 11.9 Å². The standard InChI is InChI=1S/C15H16ClNO4S2/c1-8-6-11(17)13(22-8)15(19)21-5-3-4-9-7-10(16)12(23-9)14(18)20-2/h6-7H,3-5,17H2,1-2H3. The quantitative estimate of drug-likeness (QED) is 0.613. The number of rotatable bonds is 6. The van der Waals surface area contributed by atoms with Crippen molar-refractivity contribution in [1.29, 1.82) is 0 Å². The number of anilines is 1. The van der Waals surface area contributed by atoms with Crippen LogP contribution in [0.5, 0.6) is 0 Å². The Bertz CT molecular complexity index is 723. The number of methoxy groups -OCH3 is 1. The van der Waals surface area contributed by atoms with Crippen LogP contribution in [-0.2, 0) is 15.9 Å². The summed E-state index contributed by atoms with van der Waals surface area (Å²) in [5.74, 6) is -0.846. The average molecular weight is 374 g/mol. The normalized spacial score (nSPS) is 10.6. The Morgan fingerprint density at radius 3 is 2.57 bits per heavy atom. The lowest BCUT2D eigenvalue weighted by Gasteiger charge is -2.03. The van der Waals surface area contributed by atoms with Gasteiger partial charge in [0, 0.05) is 9.75 Å². The second-order valence-electron chi connectivity index (χ2n) is 4.76. The van der Waals surface area contributed by atoms with Gasteiger partial charge in [-0.05, 0) is 31.9 Å². The van der Waals surface area contributed by atoms with E-state index in [1.807, 2.05) is 6.92 Å². The number of esters is 2. The number of hydrogen-bond donors (Lipinski definition) is 1. The van der Waals surface area contributed by atoms with Crippen molar-refractivity contribution < 1.29 is 19.1 Å². The van der Waals surface area contributed by atoms with Crippen molar-refractivity contribution in [2.75, 3.05) is 19.5 Å². The number of carbonyl (C=O) groups is 2. The van der Waals surface area contributed by atoms with Crippen LogP contribution < -0.4 is 5.73 Å². The number of hydrogen-bond acceptors (Lipinski definition) is 7. The van der Waals surface area contributed by atoms with Crippen molar-refractivity contribution in [2.24, 2.45) is 0 Å². The number of ether oxygens (including phenoxy) is 2. The molecule has 2 aromatic rings. The number of aryl methyl sites for hydroxylation is 2. The number of nitrogen functional groups attached to an aromatic ring is 1. The van der Waals surface area contributed by atoms with E-state index in [0.29, 0.717) is 33.3 Å². The molecule has 0 saturated carbocycles. The summed E-state index contributed by atoms with van der Waals surface area (Å²) in [6.07, 6.45) is 1.29. The highest BCUT2D eigenvalue weighted by Crippen LogP contribution is 2.29. The second kappa shape index (κ2) is 7.81. The van der Waals surface area contributed by atoms with Crippen LogP contribution in [0.2, 0.25) is 5.02 Å². The predicted molar refractivity (Wildman–Crippen MR) is 92.7 cm³/mol. The first kappa shape index (κ1) is 17.8. The molecule has 0 bridgehead atoms. The van der Waals surface area contributed by atoms with E-state index in [4.69, 9.17) is 22.1 Å². The maximum absolute atomic E-state index is 11.9. The second-order valence-corrected chi connectivity index (χ2v) is 7.56. The molecular weight excluding hydrogens is 358 g/mol. The molecule has 124 valence electrons. The minimum absolute atomic E-state index is 0.276. The minimum atomic E-state index is -0.443. The van der Waals surface area contributed by atoms with Crippen LogP contribution in [0.25, 0.3) is 0 Å². The van der Waals surface area contributed by atoms with Crippen LogP contribution in [0.3, 0.4) is 0 Å². The van der Waals surface area contributed by atoms with Gasteiger partial charge in [-0.25, -0.2) is 9.59 Å². The zero-order valence-electron chi connectivity index (χ0n) is 12.7. The zero-order valence-corrected chi connectivity index (χ0v) is 15.1. The number of halogens is 1. The van der Waals surface area contributed by atoms with Crippen LogP contribution in [0.1, 0.15) is 35.5 Å². The fraction of sp³-hybridized carbons (Fsp3) is 0.333. The monoisotopic (exact) mass is 373 g/mol. The van der Waals surface area contributed by atoms with Crippen molar-refractivity contribution >= 4 is 51.9 Å². The fourth-order valence-corrected chi connectivity index (χ4v) is 4.17. The molecule has 2 aromatic heterocycles. The number of thiophene rings is 2. The van der Waals surface area contributed by atoms with Crippen molar-refractivity contribution in [3.63, 3.8) is 0 Å². The summed E-state index contributed by atoms with van der Waals surface area (Å²) >= 11 is 8.60. The Morgan fingerprint density at radius 2 is 1.96 bits per heavy atom. The van der Waals surface area contributed by atoms with Gasteiger partial charge in [-0.1, -0.05) is 11.6 Å². The molecule has 0 unspecified atom stereocenters. The van der Waals surface area contributed by atoms with Gasteiger partial charge in [0.05, 0.1) is 24.4 Å². The highest BCUT2D eigenvalue weighted by Gasteiger charge is 2.16. The lowest BCUT2D eigenvalue weighted by atomic mass is 10.3.